The number of nitrogens with one attached hydrogen (secondary N) is 1. The highest BCUT2D eigenvalue weighted by molar-refractivity contribution is 7.19. The SMILES string of the molecule is CN(C)CC#Cc1cc2nccc(Oc3ccc(C(C(N)=O)C(=O)Nc4ccccc4F)cc3F)c2s1. The fourth-order valence-corrected chi connectivity index (χ4v) is 4.39. The summed E-state index contributed by atoms with van der Waals surface area (Å²) in [4.78, 5) is 31.8. The van der Waals surface area contributed by atoms with E-state index in [9.17, 15) is 14.0 Å². The zero-order valence-corrected chi connectivity index (χ0v) is 20.7. The third-order valence-electron chi connectivity index (χ3n) is 5.17. The smallest absolute Gasteiger partial charge is 0.241 e. The van der Waals surface area contributed by atoms with Gasteiger partial charge in [-0.2, -0.15) is 0 Å². The van der Waals surface area contributed by atoms with Gasteiger partial charge in [-0.1, -0.05) is 30.0 Å². The zero-order chi connectivity index (χ0) is 26.5. The van der Waals surface area contributed by atoms with E-state index in [1.165, 1.54) is 41.7 Å². The highest BCUT2D eigenvalue weighted by Gasteiger charge is 2.28. The molecule has 3 N–H and O–H groups in total. The molecule has 188 valence electrons. The van der Waals surface area contributed by atoms with E-state index < -0.39 is 29.4 Å². The molecule has 2 aromatic carbocycles. The number of pyridine rings is 1. The Kier molecular flexibility index (Phi) is 7.77. The van der Waals surface area contributed by atoms with Gasteiger partial charge in [-0.05, 0) is 50.0 Å². The monoisotopic (exact) mass is 520 g/mol. The van der Waals surface area contributed by atoms with Crippen LogP contribution < -0.4 is 15.8 Å². The second kappa shape index (κ2) is 11.2. The van der Waals surface area contributed by atoms with Gasteiger partial charge in [-0.25, -0.2) is 8.78 Å². The Morgan fingerprint density at radius 2 is 1.89 bits per heavy atom. The molecule has 1 unspecified atom stereocenters. The van der Waals surface area contributed by atoms with E-state index in [-0.39, 0.29) is 17.0 Å². The van der Waals surface area contributed by atoms with Crippen LogP contribution in [0.1, 0.15) is 16.4 Å². The summed E-state index contributed by atoms with van der Waals surface area (Å²) < 4.78 is 35.5. The Balaban J connectivity index is 1.58. The minimum Gasteiger partial charge on any atom is -0.453 e. The van der Waals surface area contributed by atoms with Crippen LogP contribution in [-0.2, 0) is 9.59 Å². The Hall–Kier alpha value is -4.33. The number of carbonyl (C=O) groups excluding carboxylic acids is 2. The first-order valence-corrected chi connectivity index (χ1v) is 11.9. The molecule has 0 spiro atoms. The van der Waals surface area contributed by atoms with Crippen molar-refractivity contribution in [2.24, 2.45) is 5.73 Å². The minimum absolute atomic E-state index is 0.000593. The van der Waals surface area contributed by atoms with E-state index in [0.717, 1.165) is 17.0 Å². The number of aromatic nitrogens is 1. The topological polar surface area (TPSA) is 97.6 Å². The number of carbonyl (C=O) groups is 2. The van der Waals surface area contributed by atoms with Gasteiger partial charge in [0.05, 0.1) is 27.3 Å². The van der Waals surface area contributed by atoms with Gasteiger partial charge in [0.2, 0.25) is 11.8 Å². The lowest BCUT2D eigenvalue weighted by Crippen LogP contribution is -2.32. The van der Waals surface area contributed by atoms with Crippen molar-refractivity contribution < 1.29 is 23.1 Å². The van der Waals surface area contributed by atoms with Gasteiger partial charge in [0.15, 0.2) is 11.6 Å². The van der Waals surface area contributed by atoms with Gasteiger partial charge >= 0.3 is 0 Å². The summed E-state index contributed by atoms with van der Waals surface area (Å²) in [6, 6.07) is 12.6. The van der Waals surface area contributed by atoms with Crippen molar-refractivity contribution in [1.82, 2.24) is 9.88 Å². The average molecular weight is 521 g/mol. The predicted octanol–water partition coefficient (Wildman–Crippen LogP) is 4.49. The van der Waals surface area contributed by atoms with E-state index in [4.69, 9.17) is 10.5 Å². The fraction of sp³-hybridized carbons (Fsp3) is 0.148. The molecule has 2 amide bonds. The first-order chi connectivity index (χ1) is 17.7. The molecule has 0 aliphatic rings. The normalized spacial score (nSPS) is 11.6. The van der Waals surface area contributed by atoms with E-state index in [0.29, 0.717) is 22.5 Å². The molecule has 0 saturated heterocycles. The van der Waals surface area contributed by atoms with Crippen molar-refractivity contribution in [1.29, 1.82) is 0 Å². The number of thiophene rings is 1. The van der Waals surface area contributed by atoms with Crippen molar-refractivity contribution >= 4 is 39.1 Å². The molecule has 10 heteroatoms. The summed E-state index contributed by atoms with van der Waals surface area (Å²) in [6.07, 6.45) is 1.55. The molecule has 0 bridgehead atoms. The van der Waals surface area contributed by atoms with Crippen LogP contribution in [0.2, 0.25) is 0 Å². The Morgan fingerprint density at radius 3 is 2.59 bits per heavy atom. The first-order valence-electron chi connectivity index (χ1n) is 11.1. The van der Waals surface area contributed by atoms with Crippen LogP contribution in [0.4, 0.5) is 14.5 Å². The lowest BCUT2D eigenvalue weighted by molar-refractivity contribution is -0.127. The quantitative estimate of drug-likeness (QED) is 0.277. The molecule has 0 aliphatic heterocycles. The molecule has 0 saturated carbocycles. The maximum Gasteiger partial charge on any atom is 0.241 e. The van der Waals surface area contributed by atoms with Crippen LogP contribution in [0.3, 0.4) is 0 Å². The number of hydrogen-bond donors (Lipinski definition) is 2. The number of nitrogens with two attached hydrogens (primary N) is 1. The second-order valence-corrected chi connectivity index (χ2v) is 9.32. The largest absolute Gasteiger partial charge is 0.453 e. The van der Waals surface area contributed by atoms with Crippen molar-refractivity contribution in [2.45, 2.75) is 5.92 Å². The standard InChI is InChI=1S/C27H22F2N4O3S/c1-33(2)13-5-6-17-15-21-25(37-17)23(11-12-31-21)36-22-10-9-16(14-19(22)29)24(26(30)34)27(35)32-20-8-4-3-7-18(20)28/h3-4,7-12,14-15,24H,13H2,1-2H3,(H2,30,34)(H,32,35). The first kappa shape index (κ1) is 25.8. The molecule has 2 heterocycles. The maximum atomic E-state index is 15.1. The molecule has 7 nitrogen and oxygen atoms in total. The molecule has 37 heavy (non-hydrogen) atoms. The molecular formula is C27H22F2N4O3S. The highest BCUT2D eigenvalue weighted by Crippen LogP contribution is 2.36. The number of nitrogens with zero attached hydrogens (tertiary/aromatic N) is 2. The average Bonchev–Trinajstić information content (AvgIpc) is 3.26. The maximum absolute atomic E-state index is 15.1. The zero-order valence-electron chi connectivity index (χ0n) is 19.9. The summed E-state index contributed by atoms with van der Waals surface area (Å²) in [6.45, 7) is 0.604. The van der Waals surface area contributed by atoms with Crippen molar-refractivity contribution in [3.05, 3.63) is 82.9 Å². The third-order valence-corrected chi connectivity index (χ3v) is 6.22. The molecule has 2 aromatic heterocycles. The Labute approximate surface area is 215 Å². The van der Waals surface area contributed by atoms with Crippen LogP contribution in [-0.4, -0.2) is 42.3 Å². The van der Waals surface area contributed by atoms with Crippen LogP contribution >= 0.6 is 11.3 Å². The van der Waals surface area contributed by atoms with E-state index in [2.05, 4.69) is 22.1 Å². The van der Waals surface area contributed by atoms with Gasteiger partial charge in [0, 0.05) is 12.3 Å². The van der Waals surface area contributed by atoms with Crippen molar-refractivity contribution in [2.75, 3.05) is 26.0 Å². The van der Waals surface area contributed by atoms with E-state index in [1.807, 2.05) is 25.1 Å². The van der Waals surface area contributed by atoms with Gasteiger partial charge < -0.3 is 15.8 Å². The van der Waals surface area contributed by atoms with Crippen LogP contribution in [0.25, 0.3) is 10.2 Å². The Bertz CT molecular complexity index is 1540. The molecule has 0 radical (unpaired) electrons. The van der Waals surface area contributed by atoms with E-state index >= 15 is 4.39 Å². The summed E-state index contributed by atoms with van der Waals surface area (Å²) in [5.74, 6) is 1.46. The summed E-state index contributed by atoms with van der Waals surface area (Å²) >= 11 is 1.37. The number of primary amides is 1. The molecule has 0 aliphatic carbocycles. The van der Waals surface area contributed by atoms with Crippen LogP contribution in [0, 0.1) is 23.5 Å². The number of fused-ring (bicyclic) bond motifs is 1. The lowest BCUT2D eigenvalue weighted by atomic mass is 9.97. The number of ether oxygens (including phenoxy) is 1. The highest BCUT2D eigenvalue weighted by atomic mass is 32.1. The number of benzene rings is 2. The van der Waals surface area contributed by atoms with E-state index in [1.54, 1.807) is 12.3 Å². The van der Waals surface area contributed by atoms with Crippen molar-refractivity contribution in [3.63, 3.8) is 0 Å². The molecule has 4 rings (SSSR count). The predicted molar refractivity (Wildman–Crippen MR) is 138 cm³/mol. The molecule has 1 atom stereocenters. The summed E-state index contributed by atoms with van der Waals surface area (Å²) in [7, 11) is 3.85. The van der Waals surface area contributed by atoms with Crippen LogP contribution in [0.5, 0.6) is 11.5 Å². The lowest BCUT2D eigenvalue weighted by Gasteiger charge is -2.16. The Morgan fingerprint density at radius 1 is 1.11 bits per heavy atom. The molecular weight excluding hydrogens is 498 g/mol. The number of amides is 2. The molecule has 0 fully saturated rings. The number of anilines is 1. The minimum atomic E-state index is -1.55. The van der Waals surface area contributed by atoms with Gasteiger partial charge in [0.1, 0.15) is 17.5 Å². The van der Waals surface area contributed by atoms with Gasteiger partial charge in [-0.15, -0.1) is 11.3 Å². The van der Waals surface area contributed by atoms with Gasteiger partial charge in [0.25, 0.3) is 0 Å². The number of hydrogen-bond acceptors (Lipinski definition) is 6. The summed E-state index contributed by atoms with van der Waals surface area (Å²) in [5.41, 5.74) is 5.96. The number of halogens is 2. The summed E-state index contributed by atoms with van der Waals surface area (Å²) in [5, 5.41) is 2.32. The van der Waals surface area contributed by atoms with Crippen LogP contribution in [0.15, 0.2) is 60.8 Å². The molecule has 4 aromatic rings. The number of rotatable bonds is 7. The van der Waals surface area contributed by atoms with Crippen molar-refractivity contribution in [3.8, 4) is 23.3 Å². The second-order valence-electron chi connectivity index (χ2n) is 8.27. The third kappa shape index (κ3) is 6.09. The number of para-hydroxylation sites is 1. The van der Waals surface area contributed by atoms with Gasteiger partial charge in [-0.3, -0.25) is 19.5 Å². The fourth-order valence-electron chi connectivity index (χ4n) is 3.45.